The number of thiophene rings is 1. The van der Waals surface area contributed by atoms with Gasteiger partial charge in [-0.3, -0.25) is 4.79 Å². The Morgan fingerprint density at radius 1 is 1.11 bits per heavy atom. The van der Waals surface area contributed by atoms with Crippen LogP contribution in [-0.2, 0) is 17.8 Å². The number of urea groups is 1. The van der Waals surface area contributed by atoms with Gasteiger partial charge in [-0.25, -0.2) is 4.79 Å². The summed E-state index contributed by atoms with van der Waals surface area (Å²) in [6.07, 6.45) is 7.04. The lowest BCUT2D eigenvalue weighted by Gasteiger charge is -2.33. The number of hydrogen-bond donors (Lipinski definition) is 1. The zero-order valence-corrected chi connectivity index (χ0v) is 22.9. The van der Waals surface area contributed by atoms with Crippen molar-refractivity contribution in [1.82, 2.24) is 15.1 Å². The van der Waals surface area contributed by atoms with Gasteiger partial charge < -0.3 is 24.6 Å². The van der Waals surface area contributed by atoms with Crippen LogP contribution < -0.4 is 14.8 Å². The van der Waals surface area contributed by atoms with E-state index in [0.717, 1.165) is 42.5 Å². The van der Waals surface area contributed by atoms with E-state index in [1.807, 2.05) is 47.5 Å². The highest BCUT2D eigenvalue weighted by Gasteiger charge is 2.27. The molecule has 1 N–H and O–H groups in total. The molecule has 1 aliphatic carbocycles. The summed E-state index contributed by atoms with van der Waals surface area (Å²) in [7, 11) is 3.24. The predicted molar refractivity (Wildman–Crippen MR) is 145 cm³/mol. The molecule has 2 aromatic rings. The van der Waals surface area contributed by atoms with E-state index in [9.17, 15) is 9.59 Å². The first-order chi connectivity index (χ1) is 17.4. The van der Waals surface area contributed by atoms with E-state index in [-0.39, 0.29) is 30.6 Å². The van der Waals surface area contributed by atoms with Gasteiger partial charge in [-0.05, 0) is 61.7 Å². The molecule has 1 fully saturated rings. The van der Waals surface area contributed by atoms with Crippen molar-refractivity contribution in [1.29, 1.82) is 0 Å². The number of carbonyl (C=O) groups excluding carboxylic acids is 2. The number of nitrogens with zero attached hydrogens (tertiary/aromatic N) is 2. The van der Waals surface area contributed by atoms with Gasteiger partial charge in [-0.1, -0.05) is 38.3 Å². The smallest absolute Gasteiger partial charge is 0.318 e. The maximum Gasteiger partial charge on any atom is 0.318 e. The maximum absolute atomic E-state index is 13.6. The van der Waals surface area contributed by atoms with Crippen molar-refractivity contribution in [2.24, 2.45) is 0 Å². The number of ether oxygens (including phenoxy) is 2. The Hall–Kier alpha value is -2.74. The van der Waals surface area contributed by atoms with E-state index < -0.39 is 0 Å². The van der Waals surface area contributed by atoms with Gasteiger partial charge in [0, 0.05) is 23.5 Å². The van der Waals surface area contributed by atoms with Crippen LogP contribution >= 0.6 is 11.3 Å². The van der Waals surface area contributed by atoms with Crippen LogP contribution in [0.5, 0.6) is 11.5 Å². The predicted octanol–water partition coefficient (Wildman–Crippen LogP) is 5.48. The molecule has 0 spiro atoms. The number of hydrogen-bond acceptors (Lipinski definition) is 5. The van der Waals surface area contributed by atoms with Crippen LogP contribution in [0.1, 0.15) is 62.8 Å². The molecular formula is C28H41N3O4S. The summed E-state index contributed by atoms with van der Waals surface area (Å²) in [4.78, 5) is 31.5. The molecule has 8 heteroatoms. The van der Waals surface area contributed by atoms with Gasteiger partial charge >= 0.3 is 6.03 Å². The lowest BCUT2D eigenvalue weighted by molar-refractivity contribution is -0.132. The van der Waals surface area contributed by atoms with Crippen LogP contribution in [0, 0.1) is 0 Å². The van der Waals surface area contributed by atoms with Crippen molar-refractivity contribution in [3.63, 3.8) is 0 Å². The minimum absolute atomic E-state index is 0.0213. The van der Waals surface area contributed by atoms with Gasteiger partial charge in [-0.2, -0.15) is 0 Å². The summed E-state index contributed by atoms with van der Waals surface area (Å²) in [5.41, 5.74) is 1.06. The van der Waals surface area contributed by atoms with Crippen molar-refractivity contribution in [2.75, 3.05) is 27.3 Å². The Bertz CT molecular complexity index is 960. The Morgan fingerprint density at radius 3 is 2.50 bits per heavy atom. The second-order valence-corrected chi connectivity index (χ2v) is 10.5. The third kappa shape index (κ3) is 7.88. The first kappa shape index (κ1) is 27.8. The highest BCUT2D eigenvalue weighted by atomic mass is 32.1. The normalized spacial score (nSPS) is 14.7. The molecule has 7 nitrogen and oxygen atoms in total. The summed E-state index contributed by atoms with van der Waals surface area (Å²) >= 11 is 1.64. The zero-order chi connectivity index (χ0) is 25.9. The molecule has 0 bridgehead atoms. The molecule has 36 heavy (non-hydrogen) atoms. The van der Waals surface area contributed by atoms with Crippen molar-refractivity contribution >= 4 is 23.3 Å². The topological polar surface area (TPSA) is 71.1 Å². The molecule has 0 aliphatic heterocycles. The number of nitrogens with one attached hydrogen (secondary N) is 1. The average Bonchev–Trinajstić information content (AvgIpc) is 3.42. The monoisotopic (exact) mass is 515 g/mol. The summed E-state index contributed by atoms with van der Waals surface area (Å²) in [6.45, 7) is 5.22. The van der Waals surface area contributed by atoms with Gasteiger partial charge in [0.15, 0.2) is 11.5 Å². The van der Waals surface area contributed by atoms with Crippen LogP contribution in [-0.4, -0.2) is 61.1 Å². The molecule has 1 heterocycles. The van der Waals surface area contributed by atoms with E-state index >= 15 is 0 Å². The zero-order valence-electron chi connectivity index (χ0n) is 22.1. The van der Waals surface area contributed by atoms with Gasteiger partial charge in [-0.15, -0.1) is 11.3 Å². The third-order valence-corrected chi connectivity index (χ3v) is 7.88. The van der Waals surface area contributed by atoms with E-state index in [0.29, 0.717) is 31.0 Å². The fourth-order valence-corrected chi connectivity index (χ4v) is 5.30. The molecule has 1 unspecified atom stereocenters. The molecule has 1 saturated carbocycles. The van der Waals surface area contributed by atoms with E-state index in [4.69, 9.17) is 9.47 Å². The van der Waals surface area contributed by atoms with E-state index in [2.05, 4.69) is 12.2 Å². The Morgan fingerprint density at radius 2 is 1.86 bits per heavy atom. The molecule has 0 radical (unpaired) electrons. The molecule has 3 rings (SSSR count). The molecule has 3 amide bonds. The quantitative estimate of drug-likeness (QED) is 0.406. The molecular weight excluding hydrogens is 474 g/mol. The largest absolute Gasteiger partial charge is 0.493 e. The third-order valence-electron chi connectivity index (χ3n) is 7.02. The van der Waals surface area contributed by atoms with Gasteiger partial charge in [0.1, 0.15) is 6.54 Å². The minimum atomic E-state index is -0.124. The van der Waals surface area contributed by atoms with Gasteiger partial charge in [0.05, 0.1) is 20.8 Å². The van der Waals surface area contributed by atoms with Crippen LogP contribution in [0.2, 0.25) is 0 Å². The molecule has 198 valence electrons. The summed E-state index contributed by atoms with van der Waals surface area (Å²) < 4.78 is 10.8. The number of methoxy groups -OCH3 is 2. The Balaban J connectivity index is 1.71. The summed E-state index contributed by atoms with van der Waals surface area (Å²) in [5.74, 6) is 1.32. The van der Waals surface area contributed by atoms with Crippen molar-refractivity contribution in [3.05, 3.63) is 46.2 Å². The Kier molecular flexibility index (Phi) is 10.9. The van der Waals surface area contributed by atoms with E-state index in [1.54, 1.807) is 30.5 Å². The van der Waals surface area contributed by atoms with Crippen LogP contribution in [0.25, 0.3) is 0 Å². The fraction of sp³-hybridized carbons (Fsp3) is 0.571. The highest BCUT2D eigenvalue weighted by molar-refractivity contribution is 7.09. The second kappa shape index (κ2) is 14.1. The van der Waals surface area contributed by atoms with Gasteiger partial charge in [0.25, 0.3) is 0 Å². The van der Waals surface area contributed by atoms with Gasteiger partial charge in [0.2, 0.25) is 5.91 Å². The SMILES string of the molecule is CCC(C)N(CC(=O)N(CCc1ccc(OC)c(OC)c1)Cc1cccs1)C(=O)NC1CCCCC1. The maximum atomic E-state index is 13.6. The average molecular weight is 516 g/mol. The first-order valence-corrected chi connectivity index (χ1v) is 13.9. The number of amides is 3. The summed E-state index contributed by atoms with van der Waals surface area (Å²) in [6, 6.07) is 9.95. The number of carbonyl (C=O) groups is 2. The number of rotatable bonds is 12. The lowest BCUT2D eigenvalue weighted by Crippen LogP contribution is -2.52. The molecule has 1 atom stereocenters. The Labute approximate surface area is 219 Å². The number of benzene rings is 1. The van der Waals surface area contributed by atoms with Crippen LogP contribution in [0.3, 0.4) is 0 Å². The lowest BCUT2D eigenvalue weighted by atomic mass is 9.96. The molecule has 1 aromatic carbocycles. The first-order valence-electron chi connectivity index (χ1n) is 13.0. The van der Waals surface area contributed by atoms with Crippen LogP contribution in [0.15, 0.2) is 35.7 Å². The molecule has 1 aromatic heterocycles. The molecule has 1 aliphatic rings. The molecule has 0 saturated heterocycles. The second-order valence-electron chi connectivity index (χ2n) is 9.50. The van der Waals surface area contributed by atoms with Crippen molar-refractivity contribution in [2.45, 2.75) is 77.4 Å². The van der Waals surface area contributed by atoms with Crippen LogP contribution in [0.4, 0.5) is 4.79 Å². The van der Waals surface area contributed by atoms with Crippen molar-refractivity contribution in [3.8, 4) is 11.5 Å². The standard InChI is InChI=1S/C28H41N3O4S/c1-5-21(2)31(28(33)29-23-10-7-6-8-11-23)20-27(32)30(19-24-12-9-17-36-24)16-15-22-13-14-25(34-3)26(18-22)35-4/h9,12-14,17-18,21,23H,5-8,10-11,15-16,19-20H2,1-4H3,(H,29,33). The summed E-state index contributed by atoms with van der Waals surface area (Å²) in [5, 5.41) is 5.22. The van der Waals surface area contributed by atoms with Crippen molar-refractivity contribution < 1.29 is 19.1 Å². The highest BCUT2D eigenvalue weighted by Crippen LogP contribution is 2.28. The van der Waals surface area contributed by atoms with E-state index in [1.165, 1.54) is 6.42 Å². The fourth-order valence-electron chi connectivity index (χ4n) is 4.58. The minimum Gasteiger partial charge on any atom is -0.493 e.